The van der Waals surface area contributed by atoms with Gasteiger partial charge in [-0.15, -0.1) is 0 Å². The molecule has 0 fully saturated rings. The zero-order valence-electron chi connectivity index (χ0n) is 12.7. The normalized spacial score (nSPS) is 17.5. The third kappa shape index (κ3) is 4.63. The molecule has 1 aliphatic rings. The largest absolute Gasteiger partial charge is 0.316 e. The Balaban J connectivity index is 1.75. The van der Waals surface area contributed by atoms with Gasteiger partial charge in [-0.05, 0) is 42.5 Å². The molecular formula is C17H28N2. The van der Waals surface area contributed by atoms with Crippen molar-refractivity contribution < 1.29 is 0 Å². The Bertz CT molecular complexity index is 387. The van der Waals surface area contributed by atoms with Crippen LogP contribution in [-0.4, -0.2) is 31.1 Å². The maximum absolute atomic E-state index is 3.57. The summed E-state index contributed by atoms with van der Waals surface area (Å²) in [5.74, 6) is 1.47. The van der Waals surface area contributed by atoms with Crippen molar-refractivity contribution in [2.24, 2.45) is 11.8 Å². The van der Waals surface area contributed by atoms with E-state index >= 15 is 0 Å². The Labute approximate surface area is 118 Å². The number of fused-ring (bicyclic) bond motifs is 1. The van der Waals surface area contributed by atoms with E-state index in [-0.39, 0.29) is 0 Å². The number of hydrogen-bond acceptors (Lipinski definition) is 2. The third-order valence-corrected chi connectivity index (χ3v) is 3.82. The molecule has 1 unspecified atom stereocenters. The van der Waals surface area contributed by atoms with Crippen molar-refractivity contribution in [3.63, 3.8) is 0 Å². The Hall–Kier alpha value is -0.860. The van der Waals surface area contributed by atoms with Gasteiger partial charge in [0, 0.05) is 19.6 Å². The van der Waals surface area contributed by atoms with E-state index < -0.39 is 0 Å². The van der Waals surface area contributed by atoms with Gasteiger partial charge in [0.2, 0.25) is 0 Å². The number of nitrogens with zero attached hydrogens (tertiary/aromatic N) is 1. The van der Waals surface area contributed by atoms with Crippen LogP contribution in [0.4, 0.5) is 0 Å². The van der Waals surface area contributed by atoms with Gasteiger partial charge < -0.3 is 5.32 Å². The van der Waals surface area contributed by atoms with Gasteiger partial charge in [0.15, 0.2) is 0 Å². The van der Waals surface area contributed by atoms with Crippen LogP contribution in [0, 0.1) is 11.8 Å². The molecule has 2 rings (SSSR count). The van der Waals surface area contributed by atoms with Gasteiger partial charge in [0.05, 0.1) is 0 Å². The number of nitrogens with one attached hydrogen (secondary N) is 1. The molecule has 0 saturated heterocycles. The molecule has 1 atom stereocenters. The highest BCUT2D eigenvalue weighted by Crippen LogP contribution is 2.19. The Morgan fingerprint density at radius 2 is 1.84 bits per heavy atom. The van der Waals surface area contributed by atoms with Gasteiger partial charge in [0.1, 0.15) is 0 Å². The van der Waals surface area contributed by atoms with E-state index in [0.29, 0.717) is 0 Å². The minimum atomic E-state index is 0.726. The van der Waals surface area contributed by atoms with Crippen LogP contribution in [0.1, 0.15) is 31.9 Å². The molecule has 1 heterocycles. The van der Waals surface area contributed by atoms with Crippen LogP contribution < -0.4 is 5.32 Å². The average Bonchev–Trinajstić information content (AvgIpc) is 2.38. The fraction of sp³-hybridized carbons (Fsp3) is 0.647. The van der Waals surface area contributed by atoms with Crippen LogP contribution in [0.25, 0.3) is 0 Å². The summed E-state index contributed by atoms with van der Waals surface area (Å²) in [4.78, 5) is 2.60. The maximum Gasteiger partial charge on any atom is 0.0236 e. The highest BCUT2D eigenvalue weighted by atomic mass is 15.1. The van der Waals surface area contributed by atoms with Crippen LogP contribution >= 0.6 is 0 Å². The summed E-state index contributed by atoms with van der Waals surface area (Å²) in [6.07, 6.45) is 1.21. The monoisotopic (exact) mass is 260 g/mol. The van der Waals surface area contributed by atoms with E-state index in [9.17, 15) is 0 Å². The van der Waals surface area contributed by atoms with E-state index in [1.807, 2.05) is 0 Å². The van der Waals surface area contributed by atoms with Crippen LogP contribution in [-0.2, 0) is 13.0 Å². The fourth-order valence-corrected chi connectivity index (χ4v) is 2.83. The number of rotatable bonds is 6. The first-order valence-electron chi connectivity index (χ1n) is 7.65. The Kier molecular flexibility index (Phi) is 5.41. The van der Waals surface area contributed by atoms with Crippen molar-refractivity contribution >= 4 is 0 Å². The predicted octanol–water partition coefficient (Wildman–Crippen LogP) is 2.93. The lowest BCUT2D eigenvalue weighted by Crippen LogP contribution is -2.37. The molecule has 2 heteroatoms. The molecule has 0 saturated carbocycles. The third-order valence-electron chi connectivity index (χ3n) is 3.82. The van der Waals surface area contributed by atoms with Crippen molar-refractivity contribution in [3.8, 4) is 0 Å². The van der Waals surface area contributed by atoms with Gasteiger partial charge in [-0.1, -0.05) is 45.0 Å². The highest BCUT2D eigenvalue weighted by molar-refractivity contribution is 5.28. The molecule has 0 spiro atoms. The van der Waals surface area contributed by atoms with Gasteiger partial charge in [-0.3, -0.25) is 4.90 Å². The molecule has 0 bridgehead atoms. The van der Waals surface area contributed by atoms with Crippen LogP contribution in [0.3, 0.4) is 0 Å². The topological polar surface area (TPSA) is 15.3 Å². The Morgan fingerprint density at radius 3 is 2.58 bits per heavy atom. The molecule has 0 aliphatic carbocycles. The molecule has 2 nitrogen and oxygen atoms in total. The summed E-state index contributed by atoms with van der Waals surface area (Å²) in [7, 11) is 0. The molecule has 1 aromatic carbocycles. The van der Waals surface area contributed by atoms with E-state index in [1.165, 1.54) is 25.1 Å². The SMILES string of the molecule is CC(C)CNCC(C)CN1CCc2ccccc2C1. The molecule has 1 N–H and O–H groups in total. The number of benzene rings is 1. The summed E-state index contributed by atoms with van der Waals surface area (Å²) >= 11 is 0. The molecule has 0 amide bonds. The summed E-state index contributed by atoms with van der Waals surface area (Å²) in [6.45, 7) is 12.7. The second-order valence-electron chi connectivity index (χ2n) is 6.41. The average molecular weight is 260 g/mol. The highest BCUT2D eigenvalue weighted by Gasteiger charge is 2.17. The van der Waals surface area contributed by atoms with Crippen molar-refractivity contribution in [1.29, 1.82) is 0 Å². The zero-order valence-corrected chi connectivity index (χ0v) is 12.7. The lowest BCUT2D eigenvalue weighted by molar-refractivity contribution is 0.217. The van der Waals surface area contributed by atoms with Crippen LogP contribution in [0.2, 0.25) is 0 Å². The summed E-state index contributed by atoms with van der Waals surface area (Å²) in [5.41, 5.74) is 3.07. The first-order valence-corrected chi connectivity index (χ1v) is 7.65. The van der Waals surface area contributed by atoms with E-state index in [4.69, 9.17) is 0 Å². The van der Waals surface area contributed by atoms with Crippen LogP contribution in [0.15, 0.2) is 24.3 Å². The molecular weight excluding hydrogens is 232 g/mol. The molecule has 19 heavy (non-hydrogen) atoms. The van der Waals surface area contributed by atoms with E-state index in [2.05, 4.69) is 55.3 Å². The maximum atomic E-state index is 3.57. The van der Waals surface area contributed by atoms with Gasteiger partial charge in [0.25, 0.3) is 0 Å². The minimum absolute atomic E-state index is 0.726. The second-order valence-corrected chi connectivity index (χ2v) is 6.41. The lowest BCUT2D eigenvalue weighted by atomic mass is 9.99. The van der Waals surface area contributed by atoms with Crippen LogP contribution in [0.5, 0.6) is 0 Å². The zero-order chi connectivity index (χ0) is 13.7. The van der Waals surface area contributed by atoms with Gasteiger partial charge >= 0.3 is 0 Å². The molecule has 106 valence electrons. The smallest absolute Gasteiger partial charge is 0.0236 e. The fourth-order valence-electron chi connectivity index (χ4n) is 2.83. The van der Waals surface area contributed by atoms with Gasteiger partial charge in [-0.25, -0.2) is 0 Å². The number of hydrogen-bond donors (Lipinski definition) is 1. The standard InChI is InChI=1S/C17H28N2/c1-14(2)10-18-11-15(3)12-19-9-8-16-6-4-5-7-17(16)13-19/h4-7,14-15,18H,8-13H2,1-3H3. The second kappa shape index (κ2) is 7.06. The lowest BCUT2D eigenvalue weighted by Gasteiger charge is -2.31. The predicted molar refractivity (Wildman–Crippen MR) is 82.3 cm³/mol. The van der Waals surface area contributed by atoms with E-state index in [0.717, 1.165) is 31.5 Å². The molecule has 0 aromatic heterocycles. The molecule has 1 aromatic rings. The summed E-state index contributed by atoms with van der Waals surface area (Å²) in [6, 6.07) is 8.88. The molecule has 0 radical (unpaired) electrons. The first kappa shape index (κ1) is 14.5. The summed E-state index contributed by atoms with van der Waals surface area (Å²) < 4.78 is 0. The molecule has 1 aliphatic heterocycles. The van der Waals surface area contributed by atoms with Crippen molar-refractivity contribution in [2.45, 2.75) is 33.7 Å². The quantitative estimate of drug-likeness (QED) is 0.846. The summed E-state index contributed by atoms with van der Waals surface area (Å²) in [5, 5.41) is 3.57. The van der Waals surface area contributed by atoms with Crippen molar-refractivity contribution in [2.75, 3.05) is 26.2 Å². The van der Waals surface area contributed by atoms with Crippen molar-refractivity contribution in [3.05, 3.63) is 35.4 Å². The first-order chi connectivity index (χ1) is 9.15. The minimum Gasteiger partial charge on any atom is -0.316 e. The van der Waals surface area contributed by atoms with E-state index in [1.54, 1.807) is 5.56 Å². The van der Waals surface area contributed by atoms with Gasteiger partial charge in [-0.2, -0.15) is 0 Å². The Morgan fingerprint density at radius 1 is 1.11 bits per heavy atom. The van der Waals surface area contributed by atoms with Crippen molar-refractivity contribution in [1.82, 2.24) is 10.2 Å².